The van der Waals surface area contributed by atoms with E-state index in [0.29, 0.717) is 17.3 Å². The van der Waals surface area contributed by atoms with E-state index < -0.39 is 0 Å². The van der Waals surface area contributed by atoms with Gasteiger partial charge >= 0.3 is 0 Å². The van der Waals surface area contributed by atoms with E-state index >= 15 is 0 Å². The van der Waals surface area contributed by atoms with Gasteiger partial charge in [0.05, 0.1) is 0 Å². The SMILES string of the molecule is Cc1cc([C@H]2[C@H](CN)C2(C)C)c(C)[nH]1. The van der Waals surface area contributed by atoms with Gasteiger partial charge in [0.1, 0.15) is 0 Å². The molecule has 78 valence electrons. The number of nitrogens with two attached hydrogens (primary N) is 1. The first kappa shape index (κ1) is 9.78. The zero-order chi connectivity index (χ0) is 10.5. The molecule has 1 saturated carbocycles. The summed E-state index contributed by atoms with van der Waals surface area (Å²) in [5, 5.41) is 0. The quantitative estimate of drug-likeness (QED) is 0.742. The van der Waals surface area contributed by atoms with Crippen molar-refractivity contribution in [2.45, 2.75) is 33.6 Å². The van der Waals surface area contributed by atoms with Gasteiger partial charge in [-0.1, -0.05) is 13.8 Å². The predicted octanol–water partition coefficient (Wildman–Crippen LogP) is 2.33. The van der Waals surface area contributed by atoms with Crippen LogP contribution in [0.2, 0.25) is 0 Å². The molecule has 1 aromatic heterocycles. The van der Waals surface area contributed by atoms with Crippen molar-refractivity contribution in [2.75, 3.05) is 6.54 Å². The van der Waals surface area contributed by atoms with Crippen LogP contribution in [-0.4, -0.2) is 11.5 Å². The second-order valence-corrected chi connectivity index (χ2v) is 5.17. The highest BCUT2D eigenvalue weighted by Crippen LogP contribution is 2.64. The Kier molecular flexibility index (Phi) is 2.00. The Balaban J connectivity index is 2.30. The number of aromatic nitrogens is 1. The Labute approximate surface area is 85.9 Å². The Morgan fingerprint density at radius 2 is 2.07 bits per heavy atom. The first-order valence-electron chi connectivity index (χ1n) is 5.34. The largest absolute Gasteiger partial charge is 0.362 e. The van der Waals surface area contributed by atoms with Crippen molar-refractivity contribution in [3.8, 4) is 0 Å². The summed E-state index contributed by atoms with van der Waals surface area (Å²) in [5.41, 5.74) is 10.2. The highest BCUT2D eigenvalue weighted by Gasteiger charge is 2.57. The first-order chi connectivity index (χ1) is 6.48. The van der Waals surface area contributed by atoms with E-state index in [1.54, 1.807) is 0 Å². The minimum absolute atomic E-state index is 0.397. The number of rotatable bonds is 2. The summed E-state index contributed by atoms with van der Waals surface area (Å²) in [4.78, 5) is 3.37. The van der Waals surface area contributed by atoms with Gasteiger partial charge in [-0.25, -0.2) is 0 Å². The van der Waals surface area contributed by atoms with E-state index in [1.807, 2.05) is 0 Å². The van der Waals surface area contributed by atoms with E-state index in [2.05, 4.69) is 38.7 Å². The summed E-state index contributed by atoms with van der Waals surface area (Å²) in [6.07, 6.45) is 0. The standard InChI is InChI=1S/C12H20N2/c1-7-5-9(8(2)14-7)11-10(6-13)12(11,3)4/h5,10-11,14H,6,13H2,1-4H3/t10-,11-/m0/s1. The van der Waals surface area contributed by atoms with Gasteiger partial charge in [-0.3, -0.25) is 0 Å². The summed E-state index contributed by atoms with van der Waals surface area (Å²) < 4.78 is 0. The summed E-state index contributed by atoms with van der Waals surface area (Å²) in [6.45, 7) is 9.71. The number of aryl methyl sites for hydroxylation is 2. The second-order valence-electron chi connectivity index (χ2n) is 5.17. The molecule has 1 heterocycles. The number of H-pyrrole nitrogens is 1. The van der Waals surface area contributed by atoms with Gasteiger partial charge in [-0.05, 0) is 49.3 Å². The van der Waals surface area contributed by atoms with Crippen LogP contribution >= 0.6 is 0 Å². The Bertz CT molecular complexity index is 349. The molecule has 2 atom stereocenters. The molecule has 2 nitrogen and oxygen atoms in total. The van der Waals surface area contributed by atoms with Crippen molar-refractivity contribution in [3.63, 3.8) is 0 Å². The average Bonchev–Trinajstić information content (AvgIpc) is 2.46. The highest BCUT2D eigenvalue weighted by molar-refractivity contribution is 5.37. The Morgan fingerprint density at radius 1 is 1.43 bits per heavy atom. The third-order valence-corrected chi connectivity index (χ3v) is 3.83. The molecule has 0 aliphatic heterocycles. The highest BCUT2D eigenvalue weighted by atomic mass is 14.8. The fourth-order valence-electron chi connectivity index (χ4n) is 2.87. The van der Waals surface area contributed by atoms with Gasteiger partial charge in [0.2, 0.25) is 0 Å². The Hall–Kier alpha value is -0.760. The number of aromatic amines is 1. The van der Waals surface area contributed by atoms with Gasteiger partial charge in [-0.2, -0.15) is 0 Å². The molecule has 1 aromatic rings. The average molecular weight is 192 g/mol. The van der Waals surface area contributed by atoms with Crippen LogP contribution in [0.1, 0.15) is 36.7 Å². The van der Waals surface area contributed by atoms with Gasteiger partial charge < -0.3 is 10.7 Å². The maximum absolute atomic E-state index is 5.78. The lowest BCUT2D eigenvalue weighted by molar-refractivity contribution is 0.558. The van der Waals surface area contributed by atoms with Crippen LogP contribution in [0, 0.1) is 25.2 Å². The van der Waals surface area contributed by atoms with Crippen LogP contribution in [0.4, 0.5) is 0 Å². The molecule has 0 radical (unpaired) electrons. The molecule has 14 heavy (non-hydrogen) atoms. The third kappa shape index (κ3) is 1.21. The van der Waals surface area contributed by atoms with E-state index in [4.69, 9.17) is 5.73 Å². The predicted molar refractivity (Wildman–Crippen MR) is 59.3 cm³/mol. The van der Waals surface area contributed by atoms with Crippen molar-refractivity contribution in [1.29, 1.82) is 0 Å². The second kappa shape index (κ2) is 2.86. The molecule has 1 aliphatic rings. The van der Waals surface area contributed by atoms with E-state index in [-0.39, 0.29) is 0 Å². The summed E-state index contributed by atoms with van der Waals surface area (Å²) in [6, 6.07) is 2.28. The zero-order valence-electron chi connectivity index (χ0n) is 9.52. The van der Waals surface area contributed by atoms with Crippen LogP contribution in [-0.2, 0) is 0 Å². The monoisotopic (exact) mass is 192 g/mol. The minimum Gasteiger partial charge on any atom is -0.362 e. The summed E-state index contributed by atoms with van der Waals surface area (Å²) >= 11 is 0. The molecule has 2 heteroatoms. The lowest BCUT2D eigenvalue weighted by atomic mass is 10.0. The normalized spacial score (nSPS) is 29.2. The van der Waals surface area contributed by atoms with Crippen molar-refractivity contribution in [1.82, 2.24) is 4.98 Å². The molecule has 0 unspecified atom stereocenters. The zero-order valence-corrected chi connectivity index (χ0v) is 9.52. The molecule has 0 saturated heterocycles. The van der Waals surface area contributed by atoms with Crippen molar-refractivity contribution in [2.24, 2.45) is 17.1 Å². The van der Waals surface area contributed by atoms with Crippen LogP contribution in [0.25, 0.3) is 0 Å². The molecule has 0 spiro atoms. The molecule has 1 fully saturated rings. The van der Waals surface area contributed by atoms with Crippen LogP contribution in [0.15, 0.2) is 6.07 Å². The molecular formula is C12H20N2. The topological polar surface area (TPSA) is 41.8 Å². The molecule has 2 rings (SSSR count). The van der Waals surface area contributed by atoms with Gasteiger partial charge in [0.15, 0.2) is 0 Å². The maximum Gasteiger partial charge on any atom is 0.0153 e. The Morgan fingerprint density at radius 3 is 2.43 bits per heavy atom. The number of hydrogen-bond donors (Lipinski definition) is 2. The lowest BCUT2D eigenvalue weighted by Crippen LogP contribution is -2.05. The maximum atomic E-state index is 5.78. The fraction of sp³-hybridized carbons (Fsp3) is 0.667. The van der Waals surface area contributed by atoms with Crippen molar-refractivity contribution in [3.05, 3.63) is 23.0 Å². The van der Waals surface area contributed by atoms with Crippen LogP contribution in [0.5, 0.6) is 0 Å². The summed E-state index contributed by atoms with van der Waals surface area (Å²) in [7, 11) is 0. The molecule has 1 aliphatic carbocycles. The number of nitrogens with one attached hydrogen (secondary N) is 1. The molecular weight excluding hydrogens is 172 g/mol. The molecule has 3 N–H and O–H groups in total. The van der Waals surface area contributed by atoms with Gasteiger partial charge in [0, 0.05) is 11.4 Å². The molecule has 0 aromatic carbocycles. The van der Waals surface area contributed by atoms with Crippen LogP contribution < -0.4 is 5.73 Å². The minimum atomic E-state index is 0.397. The molecule has 0 amide bonds. The van der Waals surface area contributed by atoms with E-state index in [9.17, 15) is 0 Å². The fourth-order valence-corrected chi connectivity index (χ4v) is 2.87. The van der Waals surface area contributed by atoms with E-state index in [0.717, 1.165) is 6.54 Å². The smallest absolute Gasteiger partial charge is 0.0153 e. The van der Waals surface area contributed by atoms with Crippen LogP contribution in [0.3, 0.4) is 0 Å². The first-order valence-corrected chi connectivity index (χ1v) is 5.34. The lowest BCUT2D eigenvalue weighted by Gasteiger charge is -2.01. The molecule has 0 bridgehead atoms. The third-order valence-electron chi connectivity index (χ3n) is 3.83. The van der Waals surface area contributed by atoms with Crippen molar-refractivity contribution >= 4 is 0 Å². The van der Waals surface area contributed by atoms with Crippen molar-refractivity contribution < 1.29 is 0 Å². The van der Waals surface area contributed by atoms with Gasteiger partial charge in [0.25, 0.3) is 0 Å². The number of hydrogen-bond acceptors (Lipinski definition) is 1. The van der Waals surface area contributed by atoms with E-state index in [1.165, 1.54) is 17.0 Å². The summed E-state index contributed by atoms with van der Waals surface area (Å²) in [5.74, 6) is 1.33. The van der Waals surface area contributed by atoms with Gasteiger partial charge in [-0.15, -0.1) is 0 Å².